The van der Waals surface area contributed by atoms with Crippen LogP contribution >= 0.6 is 0 Å². The van der Waals surface area contributed by atoms with Crippen LogP contribution in [0.1, 0.15) is 67.5 Å². The fourth-order valence-electron chi connectivity index (χ4n) is 4.90. The monoisotopic (exact) mass is 649 g/mol. The summed E-state index contributed by atoms with van der Waals surface area (Å²) in [5.41, 5.74) is 8.06. The number of carbonyl (C=O) groups excluding carboxylic acids is 2. The van der Waals surface area contributed by atoms with E-state index < -0.39 is 35.2 Å². The summed E-state index contributed by atoms with van der Waals surface area (Å²) < 4.78 is 45.6. The summed E-state index contributed by atoms with van der Waals surface area (Å²) in [5.74, 6) is -0.247. The molecule has 0 bridgehead atoms. The minimum absolute atomic E-state index is 0.0729. The summed E-state index contributed by atoms with van der Waals surface area (Å²) in [6, 6.07) is 19.7. The minimum Gasteiger partial charge on any atom is -0.444 e. The molecule has 5 N–H and O–H groups in total. The van der Waals surface area contributed by atoms with E-state index in [9.17, 15) is 22.8 Å². The van der Waals surface area contributed by atoms with Crippen LogP contribution in [-0.4, -0.2) is 36.0 Å². The molecule has 250 valence electrons. The number of aryl methyl sites for hydroxylation is 2. The number of ether oxygens (including phenoxy) is 1. The molecule has 1 saturated carbocycles. The lowest BCUT2D eigenvalue weighted by Gasteiger charge is -2.23. The number of amides is 2. The maximum absolute atomic E-state index is 13.5. The Morgan fingerprint density at radius 2 is 1.74 bits per heavy atom. The Morgan fingerprint density at radius 3 is 2.40 bits per heavy atom. The van der Waals surface area contributed by atoms with Gasteiger partial charge in [0, 0.05) is 12.2 Å². The standard InChI is InChI=1S/C36H42F3N5O3/c1-22-12-15-29(23(2)16-22)32(41-20-24-13-14-24)26-9-7-11-28(18-26)44-33(45)30(19-31(40)36(37,38)39)43-27-10-6-8-25(17-27)21-42-34(46)47-35(3,4)5/h6-12,15-19,24,32,41H,13-14,20-21,40H2,1-5H3,(H,42,46)(H,44,45). The van der Waals surface area contributed by atoms with E-state index in [4.69, 9.17) is 10.5 Å². The molecular formula is C36H42F3N5O3. The zero-order chi connectivity index (χ0) is 34.4. The molecule has 1 unspecified atom stereocenters. The number of nitrogens with zero attached hydrogens (tertiary/aromatic N) is 1. The first kappa shape index (κ1) is 35.2. The van der Waals surface area contributed by atoms with E-state index in [-0.39, 0.29) is 18.3 Å². The van der Waals surface area contributed by atoms with Crippen LogP contribution in [0.4, 0.5) is 29.3 Å². The molecule has 3 aromatic carbocycles. The maximum Gasteiger partial charge on any atom is 0.430 e. The Bertz CT molecular complexity index is 1660. The third-order valence-corrected chi connectivity index (χ3v) is 7.37. The number of alkyl carbamates (subject to hydrolysis) is 1. The highest BCUT2D eigenvalue weighted by Gasteiger charge is 2.32. The fourth-order valence-corrected chi connectivity index (χ4v) is 4.90. The fraction of sp³-hybridized carbons (Fsp3) is 0.361. The van der Waals surface area contributed by atoms with Gasteiger partial charge in [-0.1, -0.05) is 48.0 Å². The molecule has 0 radical (unpaired) electrons. The average Bonchev–Trinajstić information content (AvgIpc) is 3.80. The molecule has 0 aromatic heterocycles. The third-order valence-electron chi connectivity index (χ3n) is 7.37. The van der Waals surface area contributed by atoms with Gasteiger partial charge in [0.25, 0.3) is 5.91 Å². The predicted octanol–water partition coefficient (Wildman–Crippen LogP) is 7.53. The molecule has 0 saturated heterocycles. The zero-order valence-corrected chi connectivity index (χ0v) is 27.3. The van der Waals surface area contributed by atoms with Crippen LogP contribution in [0.5, 0.6) is 0 Å². The first-order valence-electron chi connectivity index (χ1n) is 15.5. The van der Waals surface area contributed by atoms with Crippen LogP contribution in [0.15, 0.2) is 83.5 Å². The van der Waals surface area contributed by atoms with E-state index in [1.54, 1.807) is 57.2 Å². The molecule has 1 aliphatic rings. The second-order valence-electron chi connectivity index (χ2n) is 12.8. The van der Waals surface area contributed by atoms with E-state index in [0.29, 0.717) is 23.2 Å². The zero-order valence-electron chi connectivity index (χ0n) is 27.3. The lowest BCUT2D eigenvalue weighted by molar-refractivity contribution is -0.110. The van der Waals surface area contributed by atoms with Gasteiger partial charge in [-0.3, -0.25) is 4.79 Å². The van der Waals surface area contributed by atoms with Gasteiger partial charge in [0.1, 0.15) is 17.0 Å². The number of nitrogens with one attached hydrogen (secondary N) is 3. The highest BCUT2D eigenvalue weighted by Crippen LogP contribution is 2.32. The summed E-state index contributed by atoms with van der Waals surface area (Å²) in [6.07, 6.45) is -2.62. The highest BCUT2D eigenvalue weighted by molar-refractivity contribution is 6.47. The van der Waals surface area contributed by atoms with Crippen LogP contribution in [0.2, 0.25) is 0 Å². The summed E-state index contributed by atoms with van der Waals surface area (Å²) in [6.45, 7) is 10.2. The molecular weight excluding hydrogens is 607 g/mol. The van der Waals surface area contributed by atoms with Gasteiger partial charge in [0.2, 0.25) is 0 Å². The molecule has 8 nitrogen and oxygen atoms in total. The Hall–Kier alpha value is -4.64. The second-order valence-corrected chi connectivity index (χ2v) is 12.8. The Morgan fingerprint density at radius 1 is 1.02 bits per heavy atom. The van der Waals surface area contributed by atoms with Crippen LogP contribution in [0, 0.1) is 19.8 Å². The van der Waals surface area contributed by atoms with Gasteiger partial charge in [-0.25, -0.2) is 9.79 Å². The smallest absolute Gasteiger partial charge is 0.430 e. The molecule has 1 atom stereocenters. The summed E-state index contributed by atoms with van der Waals surface area (Å²) >= 11 is 0. The van der Waals surface area contributed by atoms with Gasteiger partial charge in [-0.05, 0) is 113 Å². The number of anilines is 1. The Balaban J connectivity index is 1.60. The van der Waals surface area contributed by atoms with Crippen LogP contribution in [0.25, 0.3) is 0 Å². The number of alkyl halides is 3. The second kappa shape index (κ2) is 14.8. The van der Waals surface area contributed by atoms with E-state index in [1.807, 2.05) is 13.0 Å². The molecule has 11 heteroatoms. The van der Waals surface area contributed by atoms with Gasteiger partial charge >= 0.3 is 12.3 Å². The number of nitrogens with two attached hydrogens (primary N) is 1. The van der Waals surface area contributed by atoms with Crippen molar-refractivity contribution in [2.24, 2.45) is 16.6 Å². The van der Waals surface area contributed by atoms with Crippen LogP contribution in [0.3, 0.4) is 0 Å². The molecule has 0 spiro atoms. The first-order chi connectivity index (χ1) is 22.1. The van der Waals surface area contributed by atoms with Gasteiger partial charge in [-0.15, -0.1) is 0 Å². The van der Waals surface area contributed by atoms with Crippen molar-refractivity contribution in [3.8, 4) is 0 Å². The number of hydrogen-bond acceptors (Lipinski definition) is 6. The van der Waals surface area contributed by atoms with Crippen molar-refractivity contribution in [1.82, 2.24) is 10.6 Å². The largest absolute Gasteiger partial charge is 0.444 e. The lowest BCUT2D eigenvalue weighted by atomic mass is 9.93. The molecule has 1 fully saturated rings. The minimum atomic E-state index is -4.87. The quantitative estimate of drug-likeness (QED) is 0.160. The van der Waals surface area contributed by atoms with Crippen LogP contribution in [-0.2, 0) is 16.1 Å². The first-order valence-corrected chi connectivity index (χ1v) is 15.5. The number of carbonyl (C=O) groups is 2. The maximum atomic E-state index is 13.5. The third kappa shape index (κ3) is 11.0. The topological polar surface area (TPSA) is 118 Å². The van der Waals surface area contributed by atoms with Crippen molar-refractivity contribution in [2.45, 2.75) is 71.8 Å². The summed E-state index contributed by atoms with van der Waals surface area (Å²) in [7, 11) is 0. The number of aliphatic imine (C=N–C) groups is 1. The van der Waals surface area contributed by atoms with Crippen molar-refractivity contribution in [3.05, 3.63) is 106 Å². The van der Waals surface area contributed by atoms with E-state index in [2.05, 4.69) is 46.1 Å². The predicted molar refractivity (Wildman–Crippen MR) is 178 cm³/mol. The van der Waals surface area contributed by atoms with E-state index in [0.717, 1.165) is 28.8 Å². The van der Waals surface area contributed by atoms with Gasteiger partial charge in [-0.2, -0.15) is 13.2 Å². The number of allylic oxidation sites excluding steroid dienone is 1. The number of halogens is 3. The SMILES string of the molecule is Cc1ccc(C(NCC2CC2)c2cccc(NC(=O)C(C=C(N)C(F)(F)F)=Nc3cccc(CNC(=O)OC(C)(C)C)c3)c2)c(C)c1. The van der Waals surface area contributed by atoms with Gasteiger partial charge in [0.05, 0.1) is 11.7 Å². The van der Waals surface area contributed by atoms with Crippen molar-refractivity contribution < 1.29 is 27.5 Å². The van der Waals surface area contributed by atoms with Gasteiger partial charge in [0.15, 0.2) is 0 Å². The Labute approximate surface area is 273 Å². The molecule has 2 amide bonds. The van der Waals surface area contributed by atoms with E-state index >= 15 is 0 Å². The van der Waals surface area contributed by atoms with Crippen molar-refractivity contribution >= 4 is 29.1 Å². The van der Waals surface area contributed by atoms with E-state index in [1.165, 1.54) is 18.9 Å². The summed E-state index contributed by atoms with van der Waals surface area (Å²) in [5, 5.41) is 8.99. The van der Waals surface area contributed by atoms with Gasteiger partial charge < -0.3 is 26.4 Å². The van der Waals surface area contributed by atoms with Crippen molar-refractivity contribution in [2.75, 3.05) is 11.9 Å². The molecule has 47 heavy (non-hydrogen) atoms. The molecule has 1 aliphatic carbocycles. The highest BCUT2D eigenvalue weighted by atomic mass is 19.4. The molecule has 0 heterocycles. The summed E-state index contributed by atoms with van der Waals surface area (Å²) in [4.78, 5) is 29.8. The van der Waals surface area contributed by atoms with Crippen LogP contribution < -0.4 is 21.7 Å². The van der Waals surface area contributed by atoms with Crippen molar-refractivity contribution in [3.63, 3.8) is 0 Å². The molecule has 3 aromatic rings. The number of benzene rings is 3. The normalized spacial score (nSPS) is 14.8. The number of rotatable bonds is 11. The van der Waals surface area contributed by atoms with Crippen molar-refractivity contribution in [1.29, 1.82) is 0 Å². The lowest BCUT2D eigenvalue weighted by Crippen LogP contribution is -2.32. The average molecular weight is 650 g/mol. The molecule has 0 aliphatic heterocycles. The Kier molecular flexibility index (Phi) is 11.1. The molecule has 4 rings (SSSR count). The number of hydrogen-bond donors (Lipinski definition) is 4.